The lowest BCUT2D eigenvalue weighted by molar-refractivity contribution is -0.384. The lowest BCUT2D eigenvalue weighted by Crippen LogP contribution is -2.19. The van der Waals surface area contributed by atoms with Gasteiger partial charge in [0.15, 0.2) is 5.69 Å². The van der Waals surface area contributed by atoms with E-state index in [1.165, 1.54) is 12.1 Å². The van der Waals surface area contributed by atoms with Crippen molar-refractivity contribution in [1.82, 2.24) is 9.78 Å². The molecule has 156 valence electrons. The van der Waals surface area contributed by atoms with Crippen LogP contribution < -0.4 is 10.1 Å². The van der Waals surface area contributed by atoms with E-state index in [1.807, 2.05) is 6.92 Å². The van der Waals surface area contributed by atoms with E-state index in [9.17, 15) is 28.1 Å². The number of carbonyl (C=O) groups is 1. The van der Waals surface area contributed by atoms with Gasteiger partial charge in [-0.1, -0.05) is 17.7 Å². The highest BCUT2D eigenvalue weighted by Crippen LogP contribution is 2.30. The summed E-state index contributed by atoms with van der Waals surface area (Å²) >= 11 is 0. The summed E-state index contributed by atoms with van der Waals surface area (Å²) in [5.41, 5.74) is -0.394. The molecule has 1 amide bonds. The predicted octanol–water partition coefficient (Wildman–Crippen LogP) is 4.55. The van der Waals surface area contributed by atoms with Crippen molar-refractivity contribution in [3.63, 3.8) is 0 Å². The SMILES string of the molecule is Cc1ccc(Oc2cc(NC(=O)Cn3ccc(C(F)(F)F)n3)cc([N+](=O)[O-])c2)cc1. The summed E-state index contributed by atoms with van der Waals surface area (Å²) < 4.78 is 44.2. The Bertz CT molecular complexity index is 1080. The number of aryl methyl sites for hydroxylation is 1. The average molecular weight is 420 g/mol. The molecule has 0 fully saturated rings. The first-order valence-corrected chi connectivity index (χ1v) is 8.55. The molecule has 3 rings (SSSR count). The van der Waals surface area contributed by atoms with Gasteiger partial charge in [0.2, 0.25) is 5.91 Å². The largest absolute Gasteiger partial charge is 0.457 e. The minimum atomic E-state index is -4.62. The average Bonchev–Trinajstić information content (AvgIpc) is 3.12. The van der Waals surface area contributed by atoms with Crippen LogP contribution in [0.1, 0.15) is 11.3 Å². The highest BCUT2D eigenvalue weighted by atomic mass is 19.4. The number of hydrogen-bond donors (Lipinski definition) is 1. The fourth-order valence-electron chi connectivity index (χ4n) is 2.51. The number of nitrogens with zero attached hydrogens (tertiary/aromatic N) is 3. The molecular weight excluding hydrogens is 405 g/mol. The van der Waals surface area contributed by atoms with Crippen molar-refractivity contribution < 1.29 is 27.6 Å². The number of non-ortho nitro benzene ring substituents is 1. The van der Waals surface area contributed by atoms with Crippen LogP contribution in [0.25, 0.3) is 0 Å². The van der Waals surface area contributed by atoms with Gasteiger partial charge in [0.05, 0.1) is 16.7 Å². The van der Waals surface area contributed by atoms with Crippen molar-refractivity contribution in [3.05, 3.63) is 76.1 Å². The number of ether oxygens (including phenoxy) is 1. The maximum absolute atomic E-state index is 12.6. The molecule has 0 saturated carbocycles. The lowest BCUT2D eigenvalue weighted by Gasteiger charge is -2.10. The van der Waals surface area contributed by atoms with E-state index < -0.39 is 29.2 Å². The van der Waals surface area contributed by atoms with Gasteiger partial charge in [-0.15, -0.1) is 0 Å². The lowest BCUT2D eigenvalue weighted by atomic mass is 10.2. The summed E-state index contributed by atoms with van der Waals surface area (Å²) in [6.07, 6.45) is -3.61. The van der Waals surface area contributed by atoms with Crippen LogP contribution >= 0.6 is 0 Å². The third kappa shape index (κ3) is 5.34. The Balaban J connectivity index is 1.76. The topological polar surface area (TPSA) is 99.3 Å². The van der Waals surface area contributed by atoms with Gasteiger partial charge < -0.3 is 10.1 Å². The number of halogens is 3. The van der Waals surface area contributed by atoms with Gasteiger partial charge >= 0.3 is 6.18 Å². The predicted molar refractivity (Wildman–Crippen MR) is 100 cm³/mol. The minimum absolute atomic E-state index is 0.0551. The molecule has 11 heteroatoms. The maximum atomic E-state index is 12.6. The molecule has 0 saturated heterocycles. The number of rotatable bonds is 6. The van der Waals surface area contributed by atoms with Crippen molar-refractivity contribution >= 4 is 17.3 Å². The van der Waals surface area contributed by atoms with Gasteiger partial charge in [-0.05, 0) is 25.1 Å². The standard InChI is InChI=1S/C19H15F3N4O4/c1-12-2-4-15(5-3-12)30-16-9-13(8-14(10-16)26(28)29)23-18(27)11-25-7-6-17(24-25)19(20,21)22/h2-10H,11H2,1H3,(H,23,27). The zero-order valence-corrected chi connectivity index (χ0v) is 15.5. The Morgan fingerprint density at radius 1 is 1.17 bits per heavy atom. The third-order valence-corrected chi connectivity index (χ3v) is 3.88. The normalized spacial score (nSPS) is 11.2. The molecule has 30 heavy (non-hydrogen) atoms. The molecule has 1 N–H and O–H groups in total. The monoisotopic (exact) mass is 420 g/mol. The summed E-state index contributed by atoms with van der Waals surface area (Å²) in [6, 6.07) is 11.4. The number of nitro groups is 1. The Labute approximate surface area is 168 Å². The third-order valence-electron chi connectivity index (χ3n) is 3.88. The molecule has 2 aromatic carbocycles. The quantitative estimate of drug-likeness (QED) is 0.466. The van der Waals surface area contributed by atoms with Gasteiger partial charge in [-0.2, -0.15) is 18.3 Å². The molecule has 3 aromatic rings. The van der Waals surface area contributed by atoms with Crippen molar-refractivity contribution in [3.8, 4) is 11.5 Å². The summed E-state index contributed by atoms with van der Waals surface area (Å²) in [4.78, 5) is 22.7. The number of anilines is 1. The van der Waals surface area contributed by atoms with Gasteiger partial charge in [-0.25, -0.2) is 0 Å². The summed E-state index contributed by atoms with van der Waals surface area (Å²) in [7, 11) is 0. The molecule has 1 heterocycles. The van der Waals surface area contributed by atoms with Crippen LogP contribution in [0.2, 0.25) is 0 Å². The number of aromatic nitrogens is 2. The van der Waals surface area contributed by atoms with Crippen LogP contribution in [0.15, 0.2) is 54.7 Å². The van der Waals surface area contributed by atoms with Crippen LogP contribution in [0, 0.1) is 17.0 Å². The summed E-state index contributed by atoms with van der Waals surface area (Å²) in [6.45, 7) is 1.38. The van der Waals surface area contributed by atoms with E-state index >= 15 is 0 Å². The maximum Gasteiger partial charge on any atom is 0.435 e. The first-order valence-electron chi connectivity index (χ1n) is 8.55. The van der Waals surface area contributed by atoms with Crippen LogP contribution in [-0.2, 0) is 17.5 Å². The molecule has 0 atom stereocenters. The van der Waals surface area contributed by atoms with Gasteiger partial charge in [0.25, 0.3) is 5.69 Å². The van der Waals surface area contributed by atoms with Crippen molar-refractivity contribution in [2.45, 2.75) is 19.6 Å². The number of amides is 1. The summed E-state index contributed by atoms with van der Waals surface area (Å²) in [5.74, 6) is -0.162. The number of carbonyl (C=O) groups excluding carboxylic acids is 1. The number of alkyl halides is 3. The number of benzene rings is 2. The van der Waals surface area contributed by atoms with Gasteiger partial charge in [-0.3, -0.25) is 19.6 Å². The smallest absolute Gasteiger partial charge is 0.435 e. The van der Waals surface area contributed by atoms with Gasteiger partial charge in [0.1, 0.15) is 18.0 Å². The first-order chi connectivity index (χ1) is 14.1. The molecular formula is C19H15F3N4O4. The highest BCUT2D eigenvalue weighted by molar-refractivity contribution is 5.91. The van der Waals surface area contributed by atoms with Crippen LogP contribution in [0.3, 0.4) is 0 Å². The zero-order valence-electron chi connectivity index (χ0n) is 15.5. The van der Waals surface area contributed by atoms with Crippen LogP contribution in [0.5, 0.6) is 11.5 Å². The molecule has 0 aliphatic carbocycles. The zero-order chi connectivity index (χ0) is 21.9. The molecule has 0 aliphatic rings. The van der Waals surface area contributed by atoms with Crippen molar-refractivity contribution in [1.29, 1.82) is 0 Å². The molecule has 8 nitrogen and oxygen atoms in total. The van der Waals surface area contributed by atoms with E-state index in [-0.39, 0.29) is 17.1 Å². The molecule has 0 spiro atoms. The fraction of sp³-hybridized carbons (Fsp3) is 0.158. The Morgan fingerprint density at radius 2 is 1.87 bits per heavy atom. The van der Waals surface area contributed by atoms with Crippen LogP contribution in [0.4, 0.5) is 24.5 Å². The Morgan fingerprint density at radius 3 is 2.47 bits per heavy atom. The highest BCUT2D eigenvalue weighted by Gasteiger charge is 2.33. The second-order valence-corrected chi connectivity index (χ2v) is 6.33. The van der Waals surface area contributed by atoms with E-state index in [1.54, 1.807) is 24.3 Å². The van der Waals surface area contributed by atoms with E-state index in [2.05, 4.69) is 10.4 Å². The van der Waals surface area contributed by atoms with Gasteiger partial charge in [0, 0.05) is 18.3 Å². The Hall–Kier alpha value is -3.89. The first kappa shape index (κ1) is 20.8. The Kier molecular flexibility index (Phi) is 5.72. The molecule has 1 aromatic heterocycles. The second kappa shape index (κ2) is 8.23. The van der Waals surface area contributed by atoms with E-state index in [0.717, 1.165) is 28.6 Å². The second-order valence-electron chi connectivity index (χ2n) is 6.33. The van der Waals surface area contributed by atoms with Crippen molar-refractivity contribution in [2.75, 3.05) is 5.32 Å². The van der Waals surface area contributed by atoms with E-state index in [4.69, 9.17) is 4.74 Å². The minimum Gasteiger partial charge on any atom is -0.457 e. The number of nitrogens with one attached hydrogen (secondary N) is 1. The molecule has 0 aliphatic heterocycles. The molecule has 0 unspecified atom stereocenters. The number of hydrogen-bond acceptors (Lipinski definition) is 5. The fourth-order valence-corrected chi connectivity index (χ4v) is 2.51. The molecule has 0 radical (unpaired) electrons. The molecule has 0 bridgehead atoms. The summed E-state index contributed by atoms with van der Waals surface area (Å²) in [5, 5.41) is 16.9. The number of nitro benzene ring substituents is 1. The van der Waals surface area contributed by atoms with Crippen molar-refractivity contribution in [2.24, 2.45) is 0 Å². The van der Waals surface area contributed by atoms with Crippen LogP contribution in [-0.4, -0.2) is 20.6 Å². The van der Waals surface area contributed by atoms with E-state index in [0.29, 0.717) is 5.75 Å².